The van der Waals surface area contributed by atoms with Crippen LogP contribution in [0.25, 0.3) is 0 Å². The highest BCUT2D eigenvalue weighted by molar-refractivity contribution is 5.25. The summed E-state index contributed by atoms with van der Waals surface area (Å²) in [5.74, 6) is 4.87. The molecule has 7 atom stereocenters. The van der Waals surface area contributed by atoms with E-state index in [1.807, 2.05) is 5.57 Å². The Hall–Kier alpha value is -0.260. The van der Waals surface area contributed by atoms with Gasteiger partial charge in [-0.3, -0.25) is 0 Å². The second-order valence-corrected chi connectivity index (χ2v) is 12.1. The normalized spacial score (nSPS) is 49.8. The van der Waals surface area contributed by atoms with Crippen molar-refractivity contribution in [1.29, 1.82) is 0 Å². The van der Waals surface area contributed by atoms with Gasteiger partial charge in [-0.05, 0) is 104 Å². The third-order valence-electron chi connectivity index (χ3n) is 9.56. The molecule has 0 amide bonds. The monoisotopic (exact) mass is 342 g/mol. The van der Waals surface area contributed by atoms with Crippen LogP contribution in [0.3, 0.4) is 0 Å². The molecular weight excluding hydrogens is 300 g/mol. The number of hydrogen-bond donors (Lipinski definition) is 0. The molecule has 0 saturated heterocycles. The lowest BCUT2D eigenvalue weighted by molar-refractivity contribution is -0.0508. The zero-order valence-electron chi connectivity index (χ0n) is 17.8. The molecule has 0 heterocycles. The summed E-state index contributed by atoms with van der Waals surface area (Å²) >= 11 is 0. The fourth-order valence-electron chi connectivity index (χ4n) is 8.01. The molecule has 142 valence electrons. The van der Waals surface area contributed by atoms with Crippen LogP contribution in [0.1, 0.15) is 99.3 Å². The highest BCUT2D eigenvalue weighted by atomic mass is 14.6. The largest absolute Gasteiger partial charge is 0.0816 e. The number of fused-ring (bicyclic) bond motifs is 5. The predicted octanol–water partition coefficient (Wildman–Crippen LogP) is 7.64. The maximum absolute atomic E-state index is 2.77. The molecular formula is C25H42. The van der Waals surface area contributed by atoms with Crippen LogP contribution in [0, 0.1) is 45.8 Å². The first-order chi connectivity index (χ1) is 11.6. The van der Waals surface area contributed by atoms with Gasteiger partial charge in [-0.15, -0.1) is 0 Å². The molecule has 0 aromatic rings. The first kappa shape index (κ1) is 18.1. The molecule has 4 aliphatic carbocycles. The predicted molar refractivity (Wildman–Crippen MR) is 108 cm³/mol. The summed E-state index contributed by atoms with van der Waals surface area (Å²) in [5.41, 5.74) is 3.57. The standard InChI is InChI=1S/C25H42/c1-17-7-10-21-20-9-8-19-15-18(16-23(2,3)4)11-13-25(19,6)22(20)12-14-24(17,21)5/h15,17-18,20-22H,7-14,16H2,1-6H3. The number of rotatable bonds is 1. The summed E-state index contributed by atoms with van der Waals surface area (Å²) in [5, 5.41) is 0. The smallest absolute Gasteiger partial charge is 0.00851 e. The Bertz CT molecular complexity index is 549. The van der Waals surface area contributed by atoms with Crippen LogP contribution >= 0.6 is 0 Å². The maximum atomic E-state index is 2.77. The lowest BCUT2D eigenvalue weighted by Crippen LogP contribution is -2.50. The first-order valence-electron chi connectivity index (χ1n) is 11.3. The molecule has 0 aromatic carbocycles. The Morgan fingerprint density at radius 1 is 0.960 bits per heavy atom. The topological polar surface area (TPSA) is 0 Å². The molecule has 25 heavy (non-hydrogen) atoms. The van der Waals surface area contributed by atoms with Crippen molar-refractivity contribution in [3.63, 3.8) is 0 Å². The van der Waals surface area contributed by atoms with Crippen molar-refractivity contribution in [3.8, 4) is 0 Å². The quantitative estimate of drug-likeness (QED) is 0.429. The second-order valence-electron chi connectivity index (χ2n) is 12.1. The minimum Gasteiger partial charge on any atom is -0.0816 e. The average Bonchev–Trinajstić information content (AvgIpc) is 2.82. The van der Waals surface area contributed by atoms with Gasteiger partial charge >= 0.3 is 0 Å². The SMILES string of the molecule is CC1CCC2C3CCC4=CC(CC(C)(C)C)CCC4(C)C3CCC12C. The maximum Gasteiger partial charge on any atom is -0.00851 e. The fourth-order valence-corrected chi connectivity index (χ4v) is 8.01. The van der Waals surface area contributed by atoms with Crippen molar-refractivity contribution >= 4 is 0 Å². The third kappa shape index (κ3) is 2.85. The van der Waals surface area contributed by atoms with E-state index >= 15 is 0 Å². The summed E-state index contributed by atoms with van der Waals surface area (Å²) in [6.07, 6.45) is 16.0. The van der Waals surface area contributed by atoms with Crippen molar-refractivity contribution < 1.29 is 0 Å². The lowest BCUT2D eigenvalue weighted by atomic mass is 9.46. The van der Waals surface area contributed by atoms with E-state index in [0.29, 0.717) is 16.2 Å². The molecule has 3 saturated carbocycles. The van der Waals surface area contributed by atoms with Gasteiger partial charge in [0.05, 0.1) is 0 Å². The molecule has 0 bridgehead atoms. The Morgan fingerprint density at radius 3 is 2.44 bits per heavy atom. The third-order valence-corrected chi connectivity index (χ3v) is 9.56. The van der Waals surface area contributed by atoms with Crippen LogP contribution in [-0.2, 0) is 0 Å². The highest BCUT2D eigenvalue weighted by Gasteiger charge is 2.57. The molecule has 0 spiro atoms. The highest BCUT2D eigenvalue weighted by Crippen LogP contribution is 2.66. The van der Waals surface area contributed by atoms with Gasteiger partial charge in [-0.25, -0.2) is 0 Å². The summed E-state index contributed by atoms with van der Waals surface area (Å²) in [7, 11) is 0. The van der Waals surface area contributed by atoms with Gasteiger partial charge in [0, 0.05) is 0 Å². The second kappa shape index (κ2) is 5.87. The van der Waals surface area contributed by atoms with Crippen molar-refractivity contribution in [2.45, 2.75) is 99.3 Å². The van der Waals surface area contributed by atoms with Crippen LogP contribution in [0.4, 0.5) is 0 Å². The fraction of sp³-hybridized carbons (Fsp3) is 0.920. The molecule has 0 aromatic heterocycles. The Balaban J connectivity index is 1.58. The van der Waals surface area contributed by atoms with E-state index < -0.39 is 0 Å². The summed E-state index contributed by atoms with van der Waals surface area (Å²) < 4.78 is 0. The number of hydrogen-bond acceptors (Lipinski definition) is 0. The van der Waals surface area contributed by atoms with E-state index in [-0.39, 0.29) is 0 Å². The van der Waals surface area contributed by atoms with Gasteiger partial charge < -0.3 is 0 Å². The zero-order valence-corrected chi connectivity index (χ0v) is 17.8. The van der Waals surface area contributed by atoms with Gasteiger partial charge in [0.15, 0.2) is 0 Å². The van der Waals surface area contributed by atoms with Gasteiger partial charge in [0.2, 0.25) is 0 Å². The minimum absolute atomic E-state index is 0.472. The van der Waals surface area contributed by atoms with Crippen LogP contribution in [0.2, 0.25) is 0 Å². The minimum atomic E-state index is 0.472. The molecule has 0 heteroatoms. The van der Waals surface area contributed by atoms with Crippen LogP contribution in [0.15, 0.2) is 11.6 Å². The average molecular weight is 343 g/mol. The van der Waals surface area contributed by atoms with Crippen molar-refractivity contribution in [1.82, 2.24) is 0 Å². The van der Waals surface area contributed by atoms with E-state index in [1.165, 1.54) is 57.8 Å². The molecule has 0 nitrogen and oxygen atoms in total. The summed E-state index contributed by atoms with van der Waals surface area (Å²) in [6.45, 7) is 15.1. The van der Waals surface area contributed by atoms with Gasteiger partial charge in [-0.1, -0.05) is 53.2 Å². The van der Waals surface area contributed by atoms with Crippen molar-refractivity contribution in [2.24, 2.45) is 45.8 Å². The van der Waals surface area contributed by atoms with Gasteiger partial charge in [0.1, 0.15) is 0 Å². The molecule has 4 aliphatic rings. The van der Waals surface area contributed by atoms with Crippen LogP contribution < -0.4 is 0 Å². The Morgan fingerprint density at radius 2 is 1.72 bits per heavy atom. The zero-order chi connectivity index (χ0) is 18.0. The van der Waals surface area contributed by atoms with E-state index in [1.54, 1.807) is 0 Å². The van der Waals surface area contributed by atoms with E-state index in [4.69, 9.17) is 0 Å². The van der Waals surface area contributed by atoms with E-state index in [9.17, 15) is 0 Å². The Labute approximate surface area is 157 Å². The molecule has 7 unspecified atom stereocenters. The molecule has 0 radical (unpaired) electrons. The molecule has 0 aliphatic heterocycles. The molecule has 0 N–H and O–H groups in total. The van der Waals surface area contributed by atoms with E-state index in [2.05, 4.69) is 47.6 Å². The van der Waals surface area contributed by atoms with Gasteiger partial charge in [0.25, 0.3) is 0 Å². The molecule has 3 fully saturated rings. The first-order valence-corrected chi connectivity index (χ1v) is 11.3. The lowest BCUT2D eigenvalue weighted by Gasteiger charge is -2.58. The van der Waals surface area contributed by atoms with Crippen LogP contribution in [0.5, 0.6) is 0 Å². The Kier molecular flexibility index (Phi) is 4.25. The summed E-state index contributed by atoms with van der Waals surface area (Å²) in [4.78, 5) is 0. The summed E-state index contributed by atoms with van der Waals surface area (Å²) in [6, 6.07) is 0. The van der Waals surface area contributed by atoms with Crippen LogP contribution in [-0.4, -0.2) is 0 Å². The van der Waals surface area contributed by atoms with Gasteiger partial charge in [-0.2, -0.15) is 0 Å². The van der Waals surface area contributed by atoms with Crippen molar-refractivity contribution in [2.75, 3.05) is 0 Å². The number of allylic oxidation sites excluding steroid dienone is 2. The van der Waals surface area contributed by atoms with E-state index in [0.717, 1.165) is 29.6 Å². The van der Waals surface area contributed by atoms with Crippen molar-refractivity contribution in [3.05, 3.63) is 11.6 Å². The molecule has 4 rings (SSSR count).